The van der Waals surface area contributed by atoms with Gasteiger partial charge in [0, 0.05) is 18.2 Å². The number of hydrogen-bond acceptors (Lipinski definition) is 6. The predicted molar refractivity (Wildman–Crippen MR) is 150 cm³/mol. The van der Waals surface area contributed by atoms with E-state index >= 15 is 0 Å². The summed E-state index contributed by atoms with van der Waals surface area (Å²) in [5, 5.41) is 6.15. The molecule has 2 aromatic carbocycles. The van der Waals surface area contributed by atoms with Crippen LogP contribution in [0.5, 0.6) is 0 Å². The van der Waals surface area contributed by atoms with Gasteiger partial charge in [-0.25, -0.2) is 9.89 Å². The van der Waals surface area contributed by atoms with Gasteiger partial charge >= 0.3 is 0 Å². The molecule has 0 bridgehead atoms. The Balaban J connectivity index is 1.31. The molecule has 3 aliphatic rings. The summed E-state index contributed by atoms with van der Waals surface area (Å²) >= 11 is 1.30. The minimum Gasteiger partial charge on any atom is -0.352 e. The van der Waals surface area contributed by atoms with Gasteiger partial charge in [0.2, 0.25) is 11.8 Å². The Morgan fingerprint density at radius 2 is 1.79 bits per heavy atom. The van der Waals surface area contributed by atoms with E-state index in [1.165, 1.54) is 23.1 Å². The molecule has 2 aromatic rings. The summed E-state index contributed by atoms with van der Waals surface area (Å²) in [6.07, 6.45) is 6.07. The standard InChI is InChI=1S/C29H33N5O3S/c1-2-24(27(36)31-20-13-7-4-8-14-20)38-29-33-22-16-10-9-15-21(22)26-32-23(28(37)34(26)29)17-25(35)30-18-19-11-5-3-6-12-19/h3,5-6,9-12,15-16,20,23-24H,2,4,7-8,13-14,17-18H2,1H3,(H,30,35)(H,31,36)/t23-,24-/m0/s1. The predicted octanol–water partition coefficient (Wildman–Crippen LogP) is 4.31. The normalized spacial score (nSPS) is 19.7. The van der Waals surface area contributed by atoms with E-state index in [9.17, 15) is 14.4 Å². The maximum atomic E-state index is 13.6. The lowest BCUT2D eigenvalue weighted by Gasteiger charge is -2.29. The molecule has 2 heterocycles. The number of carbonyl (C=O) groups is 3. The summed E-state index contributed by atoms with van der Waals surface area (Å²) in [5.41, 5.74) is 2.44. The highest BCUT2D eigenvalue weighted by molar-refractivity contribution is 8.15. The maximum Gasteiger partial charge on any atom is 0.259 e. The van der Waals surface area contributed by atoms with Gasteiger partial charge in [-0.05, 0) is 37.0 Å². The first-order valence-electron chi connectivity index (χ1n) is 13.4. The average molecular weight is 532 g/mol. The number of thioether (sulfide) groups is 1. The molecule has 1 saturated carbocycles. The largest absolute Gasteiger partial charge is 0.352 e. The van der Waals surface area contributed by atoms with E-state index < -0.39 is 6.04 Å². The van der Waals surface area contributed by atoms with E-state index in [1.54, 1.807) is 0 Å². The van der Waals surface area contributed by atoms with Crippen molar-refractivity contribution in [1.29, 1.82) is 0 Å². The van der Waals surface area contributed by atoms with Crippen LogP contribution in [0.25, 0.3) is 0 Å². The maximum absolute atomic E-state index is 13.6. The molecule has 2 atom stereocenters. The number of rotatable bonds is 8. The van der Waals surface area contributed by atoms with Gasteiger partial charge in [-0.15, -0.1) is 0 Å². The fourth-order valence-corrected chi connectivity index (χ4v) is 6.08. The summed E-state index contributed by atoms with van der Waals surface area (Å²) in [4.78, 5) is 50.4. The fourth-order valence-electron chi connectivity index (χ4n) is 5.05. The zero-order valence-corrected chi connectivity index (χ0v) is 22.4. The molecule has 1 fully saturated rings. The van der Waals surface area contributed by atoms with E-state index in [0.29, 0.717) is 29.7 Å². The molecular weight excluding hydrogens is 498 g/mol. The third-order valence-electron chi connectivity index (χ3n) is 7.12. The third-order valence-corrected chi connectivity index (χ3v) is 8.44. The molecule has 9 heteroatoms. The molecule has 0 aromatic heterocycles. The first-order valence-corrected chi connectivity index (χ1v) is 14.3. The van der Waals surface area contributed by atoms with Crippen LogP contribution in [0.15, 0.2) is 64.6 Å². The monoisotopic (exact) mass is 531 g/mol. The number of benzene rings is 2. The second-order valence-corrected chi connectivity index (χ2v) is 11.0. The van der Waals surface area contributed by atoms with Gasteiger partial charge in [0.25, 0.3) is 5.91 Å². The Labute approximate surface area is 227 Å². The Morgan fingerprint density at radius 3 is 2.55 bits per heavy atom. The number of nitrogens with one attached hydrogen (secondary N) is 2. The van der Waals surface area contributed by atoms with Crippen molar-refractivity contribution in [3.8, 4) is 0 Å². The number of fused-ring (bicyclic) bond motifs is 3. The van der Waals surface area contributed by atoms with Crippen LogP contribution >= 0.6 is 11.8 Å². The van der Waals surface area contributed by atoms with Gasteiger partial charge in [-0.3, -0.25) is 19.4 Å². The second kappa shape index (κ2) is 11.9. The molecule has 0 unspecified atom stereocenters. The Hall–Kier alpha value is -3.46. The topological polar surface area (TPSA) is 103 Å². The van der Waals surface area contributed by atoms with Crippen molar-refractivity contribution in [2.45, 2.75) is 75.7 Å². The molecule has 2 N–H and O–H groups in total. The fraction of sp³-hybridized carbons (Fsp3) is 0.414. The lowest BCUT2D eigenvalue weighted by molar-refractivity contribution is -0.128. The summed E-state index contributed by atoms with van der Waals surface area (Å²) in [6.45, 7) is 2.36. The van der Waals surface area contributed by atoms with Crippen molar-refractivity contribution in [1.82, 2.24) is 15.5 Å². The lowest BCUT2D eigenvalue weighted by Crippen LogP contribution is -2.45. The third kappa shape index (κ3) is 5.83. The van der Waals surface area contributed by atoms with Gasteiger partial charge < -0.3 is 10.6 Å². The minimum atomic E-state index is -0.839. The lowest BCUT2D eigenvalue weighted by atomic mass is 9.95. The first kappa shape index (κ1) is 26.2. The zero-order valence-electron chi connectivity index (χ0n) is 21.6. The molecule has 38 heavy (non-hydrogen) atoms. The number of aliphatic imine (C=N–C) groups is 2. The van der Waals surface area contributed by atoms with E-state index in [0.717, 1.165) is 36.8 Å². The quantitative estimate of drug-likeness (QED) is 0.530. The molecule has 8 nitrogen and oxygen atoms in total. The van der Waals surface area contributed by atoms with Crippen LogP contribution in [0.2, 0.25) is 0 Å². The van der Waals surface area contributed by atoms with E-state index in [2.05, 4.69) is 15.6 Å². The molecule has 5 rings (SSSR count). The Bertz CT molecular complexity index is 1260. The van der Waals surface area contributed by atoms with Crippen molar-refractivity contribution < 1.29 is 14.4 Å². The SMILES string of the molecule is CC[C@H](SC1=Nc2ccccc2C2=N[C@@H](CC(=O)NCc3ccccc3)C(=O)N12)C(=O)NC1CCCCC1. The molecule has 0 spiro atoms. The van der Waals surface area contributed by atoms with E-state index in [-0.39, 0.29) is 35.4 Å². The van der Waals surface area contributed by atoms with Crippen LogP contribution < -0.4 is 10.6 Å². The van der Waals surface area contributed by atoms with Crippen LogP contribution in [-0.2, 0) is 20.9 Å². The van der Waals surface area contributed by atoms with Crippen molar-refractivity contribution in [2.24, 2.45) is 9.98 Å². The van der Waals surface area contributed by atoms with Gasteiger partial charge in [0.1, 0.15) is 11.9 Å². The average Bonchev–Trinajstić information content (AvgIpc) is 3.27. The number of nitrogens with zero attached hydrogens (tertiary/aromatic N) is 3. The molecule has 0 radical (unpaired) electrons. The summed E-state index contributed by atoms with van der Waals surface area (Å²) in [5.74, 6) is -0.0632. The van der Waals surface area contributed by atoms with Gasteiger partial charge in [0.15, 0.2) is 5.17 Å². The number of amides is 3. The van der Waals surface area contributed by atoms with Crippen molar-refractivity contribution >= 4 is 46.2 Å². The first-order chi connectivity index (χ1) is 18.5. The number of para-hydroxylation sites is 1. The van der Waals surface area contributed by atoms with Crippen molar-refractivity contribution in [3.05, 3.63) is 65.7 Å². The highest BCUT2D eigenvalue weighted by Crippen LogP contribution is 2.35. The van der Waals surface area contributed by atoms with Crippen molar-refractivity contribution in [2.75, 3.05) is 0 Å². The highest BCUT2D eigenvalue weighted by atomic mass is 32.2. The number of carbonyl (C=O) groups excluding carboxylic acids is 3. The smallest absolute Gasteiger partial charge is 0.259 e. The van der Waals surface area contributed by atoms with Crippen LogP contribution in [0.1, 0.15) is 63.0 Å². The number of hydrogen-bond donors (Lipinski definition) is 2. The zero-order chi connectivity index (χ0) is 26.5. The van der Waals surface area contributed by atoms with Crippen LogP contribution in [-0.4, -0.2) is 51.0 Å². The molecular formula is C29H33N5O3S. The summed E-state index contributed by atoms with van der Waals surface area (Å²) in [6, 6.07) is 16.5. The molecule has 198 valence electrons. The van der Waals surface area contributed by atoms with Crippen LogP contribution in [0, 0.1) is 0 Å². The highest BCUT2D eigenvalue weighted by Gasteiger charge is 2.43. The van der Waals surface area contributed by atoms with Crippen molar-refractivity contribution in [3.63, 3.8) is 0 Å². The molecule has 1 aliphatic carbocycles. The number of amidine groups is 2. The summed E-state index contributed by atoms with van der Waals surface area (Å²) in [7, 11) is 0. The van der Waals surface area contributed by atoms with Crippen LogP contribution in [0.4, 0.5) is 5.69 Å². The van der Waals surface area contributed by atoms with Gasteiger partial charge in [-0.1, -0.05) is 80.4 Å². The molecule has 0 saturated heterocycles. The van der Waals surface area contributed by atoms with Crippen LogP contribution in [0.3, 0.4) is 0 Å². The Kier molecular flexibility index (Phi) is 8.22. The summed E-state index contributed by atoms with van der Waals surface area (Å²) < 4.78 is 0. The molecule has 3 amide bonds. The van der Waals surface area contributed by atoms with Gasteiger partial charge in [-0.2, -0.15) is 0 Å². The second-order valence-electron chi connectivity index (χ2n) is 9.88. The minimum absolute atomic E-state index is 0.0204. The van der Waals surface area contributed by atoms with Gasteiger partial charge in [0.05, 0.1) is 17.4 Å². The Morgan fingerprint density at radius 1 is 1.05 bits per heavy atom. The van der Waals surface area contributed by atoms with E-state index in [1.807, 2.05) is 61.5 Å². The molecule has 2 aliphatic heterocycles. The van der Waals surface area contributed by atoms with E-state index in [4.69, 9.17) is 4.99 Å².